The highest BCUT2D eigenvalue weighted by Gasteiger charge is 2.33. The van der Waals surface area contributed by atoms with Gasteiger partial charge in [-0.1, -0.05) is 6.07 Å². The predicted molar refractivity (Wildman–Crippen MR) is 75.4 cm³/mol. The number of likely N-dealkylation sites (tertiary alicyclic amines) is 1. The van der Waals surface area contributed by atoms with E-state index in [0.29, 0.717) is 5.54 Å². The van der Waals surface area contributed by atoms with Crippen molar-refractivity contribution in [1.29, 1.82) is 0 Å². The van der Waals surface area contributed by atoms with E-state index in [-0.39, 0.29) is 0 Å². The van der Waals surface area contributed by atoms with Gasteiger partial charge in [0.1, 0.15) is 0 Å². The number of aromatic nitrogens is 1. The van der Waals surface area contributed by atoms with E-state index in [4.69, 9.17) is 0 Å². The highest BCUT2D eigenvalue weighted by molar-refractivity contribution is 5.09. The zero-order valence-corrected chi connectivity index (χ0v) is 11.8. The minimum Gasteiger partial charge on any atom is -0.319 e. The minimum atomic E-state index is 0.306. The van der Waals surface area contributed by atoms with Crippen molar-refractivity contribution < 1.29 is 0 Å². The topological polar surface area (TPSA) is 28.2 Å². The molecule has 0 aromatic carbocycles. The van der Waals surface area contributed by atoms with E-state index >= 15 is 0 Å². The summed E-state index contributed by atoms with van der Waals surface area (Å²) in [5.74, 6) is 0.777. The number of nitrogens with one attached hydrogen (secondary N) is 1. The van der Waals surface area contributed by atoms with Crippen LogP contribution in [0.2, 0.25) is 0 Å². The zero-order valence-electron chi connectivity index (χ0n) is 11.8. The quantitative estimate of drug-likeness (QED) is 0.885. The van der Waals surface area contributed by atoms with Crippen molar-refractivity contribution in [3.8, 4) is 0 Å². The first-order valence-electron chi connectivity index (χ1n) is 6.90. The van der Waals surface area contributed by atoms with Gasteiger partial charge in [0.05, 0.1) is 0 Å². The highest BCUT2D eigenvalue weighted by Crippen LogP contribution is 2.31. The van der Waals surface area contributed by atoms with Gasteiger partial charge in [0.2, 0.25) is 0 Å². The molecule has 18 heavy (non-hydrogen) atoms. The Morgan fingerprint density at radius 1 is 1.50 bits per heavy atom. The largest absolute Gasteiger partial charge is 0.319 e. The summed E-state index contributed by atoms with van der Waals surface area (Å²) in [6.07, 6.45) is 6.43. The van der Waals surface area contributed by atoms with Crippen LogP contribution in [0.15, 0.2) is 24.5 Å². The zero-order chi connectivity index (χ0) is 13.0. The van der Waals surface area contributed by atoms with Crippen LogP contribution in [-0.2, 0) is 6.54 Å². The molecule has 2 heterocycles. The standard InChI is InChI=1S/C15H25N3/c1-15(2)7-6-14(9-16-3)12-18(15)11-13-5-4-8-17-10-13/h4-5,8,10,14,16H,6-7,9,11-12H2,1-3H3. The molecule has 0 aliphatic carbocycles. The summed E-state index contributed by atoms with van der Waals surface area (Å²) < 4.78 is 0. The summed E-state index contributed by atoms with van der Waals surface area (Å²) in [7, 11) is 2.05. The number of hydrogen-bond donors (Lipinski definition) is 1. The fraction of sp³-hybridized carbons (Fsp3) is 0.667. The van der Waals surface area contributed by atoms with Gasteiger partial charge in [0, 0.05) is 31.0 Å². The van der Waals surface area contributed by atoms with Crippen molar-refractivity contribution in [2.45, 2.75) is 38.8 Å². The Morgan fingerprint density at radius 3 is 3.00 bits per heavy atom. The fourth-order valence-corrected chi connectivity index (χ4v) is 2.81. The molecule has 1 N–H and O–H groups in total. The SMILES string of the molecule is CNCC1CCC(C)(C)N(Cc2cccnc2)C1. The van der Waals surface area contributed by atoms with Crippen LogP contribution >= 0.6 is 0 Å². The molecular weight excluding hydrogens is 222 g/mol. The van der Waals surface area contributed by atoms with Gasteiger partial charge in [-0.25, -0.2) is 0 Å². The van der Waals surface area contributed by atoms with Gasteiger partial charge in [-0.05, 0) is 57.8 Å². The molecule has 0 radical (unpaired) electrons. The summed E-state index contributed by atoms with van der Waals surface area (Å²) in [6.45, 7) is 8.04. The van der Waals surface area contributed by atoms with Crippen LogP contribution in [0, 0.1) is 5.92 Å². The van der Waals surface area contributed by atoms with Gasteiger partial charge >= 0.3 is 0 Å². The third-order valence-corrected chi connectivity index (χ3v) is 4.09. The highest BCUT2D eigenvalue weighted by atomic mass is 15.2. The molecular formula is C15H25N3. The van der Waals surface area contributed by atoms with Gasteiger partial charge in [-0.15, -0.1) is 0 Å². The fourth-order valence-electron chi connectivity index (χ4n) is 2.81. The first kappa shape index (κ1) is 13.5. The lowest BCUT2D eigenvalue weighted by Gasteiger charge is -2.45. The predicted octanol–water partition coefficient (Wildman–Crippen LogP) is 2.29. The van der Waals surface area contributed by atoms with Crippen molar-refractivity contribution in [3.05, 3.63) is 30.1 Å². The van der Waals surface area contributed by atoms with E-state index in [2.05, 4.69) is 35.1 Å². The second kappa shape index (κ2) is 5.81. The Morgan fingerprint density at radius 2 is 2.33 bits per heavy atom. The van der Waals surface area contributed by atoms with E-state index in [1.165, 1.54) is 24.9 Å². The Hall–Kier alpha value is -0.930. The number of pyridine rings is 1. The van der Waals surface area contributed by atoms with Gasteiger partial charge in [-0.3, -0.25) is 9.88 Å². The molecule has 1 aromatic heterocycles. The van der Waals surface area contributed by atoms with Crippen LogP contribution in [0.3, 0.4) is 0 Å². The summed E-state index contributed by atoms with van der Waals surface area (Å²) >= 11 is 0. The van der Waals surface area contributed by atoms with Crippen LogP contribution in [0.25, 0.3) is 0 Å². The van der Waals surface area contributed by atoms with Crippen LogP contribution < -0.4 is 5.32 Å². The van der Waals surface area contributed by atoms with Crippen LogP contribution in [0.5, 0.6) is 0 Å². The molecule has 0 amide bonds. The van der Waals surface area contributed by atoms with Crippen molar-refractivity contribution in [2.24, 2.45) is 5.92 Å². The maximum Gasteiger partial charge on any atom is 0.0312 e. The Kier molecular flexibility index (Phi) is 4.36. The second-order valence-electron chi connectivity index (χ2n) is 6.02. The first-order chi connectivity index (χ1) is 8.62. The van der Waals surface area contributed by atoms with Gasteiger partial charge < -0.3 is 5.32 Å². The molecule has 3 nitrogen and oxygen atoms in total. The average molecular weight is 247 g/mol. The van der Waals surface area contributed by atoms with E-state index < -0.39 is 0 Å². The van der Waals surface area contributed by atoms with E-state index in [1.54, 1.807) is 0 Å². The maximum atomic E-state index is 4.21. The second-order valence-corrected chi connectivity index (χ2v) is 6.02. The number of rotatable bonds is 4. The lowest BCUT2D eigenvalue weighted by molar-refractivity contribution is 0.0384. The molecule has 1 aliphatic heterocycles. The third kappa shape index (κ3) is 3.30. The Labute approximate surface area is 111 Å². The molecule has 1 unspecified atom stereocenters. The van der Waals surface area contributed by atoms with Gasteiger partial charge in [0.15, 0.2) is 0 Å². The third-order valence-electron chi connectivity index (χ3n) is 4.09. The van der Waals surface area contributed by atoms with Crippen molar-refractivity contribution in [1.82, 2.24) is 15.2 Å². The van der Waals surface area contributed by atoms with E-state index in [1.807, 2.05) is 25.5 Å². The van der Waals surface area contributed by atoms with Gasteiger partial charge in [0.25, 0.3) is 0 Å². The summed E-state index contributed by atoms with van der Waals surface area (Å²) in [5, 5.41) is 3.31. The minimum absolute atomic E-state index is 0.306. The molecule has 0 saturated carbocycles. The van der Waals surface area contributed by atoms with E-state index in [9.17, 15) is 0 Å². The number of piperidine rings is 1. The lowest BCUT2D eigenvalue weighted by atomic mass is 9.84. The summed E-state index contributed by atoms with van der Waals surface area (Å²) in [6, 6.07) is 4.20. The molecule has 1 atom stereocenters. The van der Waals surface area contributed by atoms with Crippen molar-refractivity contribution in [3.63, 3.8) is 0 Å². The Balaban J connectivity index is 2.03. The van der Waals surface area contributed by atoms with Crippen LogP contribution in [-0.4, -0.2) is 35.6 Å². The number of hydrogen-bond acceptors (Lipinski definition) is 3. The monoisotopic (exact) mass is 247 g/mol. The molecule has 0 bridgehead atoms. The molecule has 100 valence electrons. The molecule has 0 spiro atoms. The average Bonchev–Trinajstić information content (AvgIpc) is 2.35. The maximum absolute atomic E-state index is 4.21. The molecule has 2 rings (SSSR count). The Bertz CT molecular complexity index is 361. The van der Waals surface area contributed by atoms with Crippen LogP contribution in [0.4, 0.5) is 0 Å². The van der Waals surface area contributed by atoms with Crippen LogP contribution in [0.1, 0.15) is 32.3 Å². The first-order valence-corrected chi connectivity index (χ1v) is 6.90. The molecule has 1 aromatic rings. The van der Waals surface area contributed by atoms with Crippen molar-refractivity contribution >= 4 is 0 Å². The molecule has 3 heteroatoms. The van der Waals surface area contributed by atoms with E-state index in [0.717, 1.165) is 19.0 Å². The smallest absolute Gasteiger partial charge is 0.0312 e. The normalized spacial score (nSPS) is 24.1. The van der Waals surface area contributed by atoms with Gasteiger partial charge in [-0.2, -0.15) is 0 Å². The number of nitrogens with zero attached hydrogens (tertiary/aromatic N) is 2. The molecule has 1 fully saturated rings. The molecule has 1 aliphatic rings. The summed E-state index contributed by atoms with van der Waals surface area (Å²) in [4.78, 5) is 6.82. The summed E-state index contributed by atoms with van der Waals surface area (Å²) in [5.41, 5.74) is 1.62. The van der Waals surface area contributed by atoms with Crippen molar-refractivity contribution in [2.75, 3.05) is 20.1 Å². The lowest BCUT2D eigenvalue weighted by Crippen LogP contribution is -2.51. The molecule has 1 saturated heterocycles.